The highest BCUT2D eigenvalue weighted by molar-refractivity contribution is 6.30. The lowest BCUT2D eigenvalue weighted by Crippen LogP contribution is -2.28. The molecule has 0 spiro atoms. The Morgan fingerprint density at radius 1 is 1.00 bits per heavy atom. The second kappa shape index (κ2) is 5.13. The summed E-state index contributed by atoms with van der Waals surface area (Å²) in [5.41, 5.74) is 4.17. The third-order valence-electron chi connectivity index (χ3n) is 3.54. The van der Waals surface area contributed by atoms with Crippen LogP contribution in [0.15, 0.2) is 48.5 Å². The molecule has 1 atom stereocenters. The van der Waals surface area contributed by atoms with Crippen molar-refractivity contribution in [2.24, 2.45) is 0 Å². The molecule has 0 fully saturated rings. The van der Waals surface area contributed by atoms with E-state index in [1.165, 1.54) is 16.7 Å². The molecule has 1 aliphatic carbocycles. The van der Waals surface area contributed by atoms with Gasteiger partial charge in [-0.1, -0.05) is 48.0 Å². The van der Waals surface area contributed by atoms with Crippen molar-refractivity contribution < 1.29 is 0 Å². The Hall–Kier alpha value is -1.31. The number of halogens is 1. The molecular formula is C16H16ClN. The largest absolute Gasteiger partial charge is 0.309 e. The maximum Gasteiger partial charge on any atom is 0.0408 e. The lowest BCUT2D eigenvalue weighted by Gasteiger charge is -2.11. The molecule has 1 aliphatic rings. The lowest BCUT2D eigenvalue weighted by molar-refractivity contribution is 0.533. The first kappa shape index (κ1) is 11.8. The molecule has 2 aromatic rings. The fraction of sp³-hybridized carbons (Fsp3) is 0.250. The van der Waals surface area contributed by atoms with Gasteiger partial charge in [0.1, 0.15) is 0 Å². The highest BCUT2D eigenvalue weighted by atomic mass is 35.5. The SMILES string of the molecule is Clc1ccc2c(c1)CC(NCc1ccccc1)C2. The Bertz CT molecular complexity index is 536. The van der Waals surface area contributed by atoms with Crippen LogP contribution in [0.25, 0.3) is 0 Å². The predicted molar refractivity (Wildman–Crippen MR) is 75.9 cm³/mol. The van der Waals surface area contributed by atoms with Crippen LogP contribution in [0, 0.1) is 0 Å². The molecule has 0 radical (unpaired) electrons. The van der Waals surface area contributed by atoms with Gasteiger partial charge in [0.2, 0.25) is 0 Å². The van der Waals surface area contributed by atoms with E-state index in [4.69, 9.17) is 11.6 Å². The summed E-state index contributed by atoms with van der Waals surface area (Å²) in [5, 5.41) is 4.47. The van der Waals surface area contributed by atoms with Gasteiger partial charge in [-0.3, -0.25) is 0 Å². The minimum atomic E-state index is 0.540. The molecule has 2 aromatic carbocycles. The second-order valence-electron chi connectivity index (χ2n) is 4.88. The van der Waals surface area contributed by atoms with E-state index in [-0.39, 0.29) is 0 Å². The molecule has 1 nitrogen and oxygen atoms in total. The maximum absolute atomic E-state index is 6.02. The summed E-state index contributed by atoms with van der Waals surface area (Å²) in [6, 6.07) is 17.3. The third-order valence-corrected chi connectivity index (χ3v) is 3.77. The number of benzene rings is 2. The van der Waals surface area contributed by atoms with Crippen molar-refractivity contribution in [2.75, 3.05) is 0 Å². The standard InChI is InChI=1S/C16H16ClN/c17-15-7-6-13-9-16(10-14(13)8-15)18-11-12-4-2-1-3-5-12/h1-8,16,18H,9-11H2. The Balaban J connectivity index is 1.61. The maximum atomic E-state index is 6.02. The number of hydrogen-bond acceptors (Lipinski definition) is 1. The molecule has 2 heteroatoms. The van der Waals surface area contributed by atoms with Gasteiger partial charge in [-0.2, -0.15) is 0 Å². The Kier molecular flexibility index (Phi) is 3.35. The Labute approximate surface area is 113 Å². The molecule has 0 saturated carbocycles. The van der Waals surface area contributed by atoms with Gasteiger partial charge in [-0.15, -0.1) is 0 Å². The van der Waals surface area contributed by atoms with Crippen molar-refractivity contribution >= 4 is 11.6 Å². The topological polar surface area (TPSA) is 12.0 Å². The van der Waals surface area contributed by atoms with Gasteiger partial charge >= 0.3 is 0 Å². The first-order valence-corrected chi connectivity index (χ1v) is 6.74. The summed E-state index contributed by atoms with van der Waals surface area (Å²) in [7, 11) is 0. The molecule has 0 saturated heterocycles. The van der Waals surface area contributed by atoms with Crippen LogP contribution in [-0.4, -0.2) is 6.04 Å². The minimum Gasteiger partial charge on any atom is -0.309 e. The molecule has 0 amide bonds. The van der Waals surface area contributed by atoms with Crippen molar-refractivity contribution in [2.45, 2.75) is 25.4 Å². The quantitative estimate of drug-likeness (QED) is 0.886. The van der Waals surface area contributed by atoms with Crippen LogP contribution in [0.4, 0.5) is 0 Å². The molecule has 3 rings (SSSR count). The Morgan fingerprint density at radius 3 is 2.61 bits per heavy atom. The number of fused-ring (bicyclic) bond motifs is 1. The van der Waals surface area contributed by atoms with E-state index in [0.717, 1.165) is 24.4 Å². The highest BCUT2D eigenvalue weighted by Crippen LogP contribution is 2.25. The smallest absolute Gasteiger partial charge is 0.0408 e. The summed E-state index contributed by atoms with van der Waals surface area (Å²) in [4.78, 5) is 0. The van der Waals surface area contributed by atoms with E-state index in [1.54, 1.807) is 0 Å². The molecule has 0 aliphatic heterocycles. The van der Waals surface area contributed by atoms with E-state index in [1.807, 2.05) is 6.07 Å². The van der Waals surface area contributed by atoms with Crippen LogP contribution in [-0.2, 0) is 19.4 Å². The van der Waals surface area contributed by atoms with Gasteiger partial charge in [0.15, 0.2) is 0 Å². The lowest BCUT2D eigenvalue weighted by atomic mass is 10.1. The molecule has 0 aromatic heterocycles. The van der Waals surface area contributed by atoms with Crippen molar-refractivity contribution in [3.8, 4) is 0 Å². The average molecular weight is 258 g/mol. The fourth-order valence-corrected chi connectivity index (χ4v) is 2.78. The van der Waals surface area contributed by atoms with Crippen LogP contribution in [0.2, 0.25) is 5.02 Å². The average Bonchev–Trinajstić information content (AvgIpc) is 2.79. The first-order valence-electron chi connectivity index (χ1n) is 6.36. The zero-order valence-corrected chi connectivity index (χ0v) is 11.0. The summed E-state index contributed by atoms with van der Waals surface area (Å²) >= 11 is 6.02. The van der Waals surface area contributed by atoms with Crippen LogP contribution in [0.1, 0.15) is 16.7 Å². The predicted octanol–water partition coefficient (Wildman–Crippen LogP) is 3.60. The normalized spacial score (nSPS) is 17.7. The molecule has 1 N–H and O–H groups in total. The number of nitrogens with one attached hydrogen (secondary N) is 1. The van der Waals surface area contributed by atoms with Gasteiger partial charge in [0.25, 0.3) is 0 Å². The van der Waals surface area contributed by atoms with E-state index in [0.29, 0.717) is 6.04 Å². The Morgan fingerprint density at radius 2 is 1.78 bits per heavy atom. The van der Waals surface area contributed by atoms with Crippen LogP contribution >= 0.6 is 11.6 Å². The highest BCUT2D eigenvalue weighted by Gasteiger charge is 2.20. The molecular weight excluding hydrogens is 242 g/mol. The molecule has 1 unspecified atom stereocenters. The summed E-state index contributed by atoms with van der Waals surface area (Å²) in [5.74, 6) is 0. The van der Waals surface area contributed by atoms with E-state index in [2.05, 4.69) is 47.8 Å². The fourth-order valence-electron chi connectivity index (χ4n) is 2.59. The first-order chi connectivity index (χ1) is 8.81. The minimum absolute atomic E-state index is 0.540. The number of hydrogen-bond donors (Lipinski definition) is 1. The molecule has 0 bridgehead atoms. The van der Waals surface area contributed by atoms with Gasteiger partial charge in [-0.05, 0) is 41.7 Å². The third kappa shape index (κ3) is 2.58. The van der Waals surface area contributed by atoms with Gasteiger partial charge in [-0.25, -0.2) is 0 Å². The van der Waals surface area contributed by atoms with E-state index in [9.17, 15) is 0 Å². The van der Waals surface area contributed by atoms with Crippen LogP contribution < -0.4 is 5.32 Å². The van der Waals surface area contributed by atoms with Crippen LogP contribution in [0.5, 0.6) is 0 Å². The van der Waals surface area contributed by atoms with Crippen LogP contribution in [0.3, 0.4) is 0 Å². The molecule has 0 heterocycles. The van der Waals surface area contributed by atoms with Crippen molar-refractivity contribution in [3.05, 3.63) is 70.2 Å². The van der Waals surface area contributed by atoms with Crippen molar-refractivity contribution in [1.29, 1.82) is 0 Å². The summed E-state index contributed by atoms with van der Waals surface area (Å²) < 4.78 is 0. The summed E-state index contributed by atoms with van der Waals surface area (Å²) in [6.45, 7) is 0.938. The molecule has 92 valence electrons. The van der Waals surface area contributed by atoms with Gasteiger partial charge in [0, 0.05) is 17.6 Å². The summed E-state index contributed by atoms with van der Waals surface area (Å²) in [6.07, 6.45) is 2.20. The monoisotopic (exact) mass is 257 g/mol. The molecule has 18 heavy (non-hydrogen) atoms. The van der Waals surface area contributed by atoms with Crippen molar-refractivity contribution in [1.82, 2.24) is 5.32 Å². The van der Waals surface area contributed by atoms with Gasteiger partial charge < -0.3 is 5.32 Å². The zero-order chi connectivity index (χ0) is 12.4. The zero-order valence-electron chi connectivity index (χ0n) is 10.2. The van der Waals surface area contributed by atoms with E-state index < -0.39 is 0 Å². The number of rotatable bonds is 3. The van der Waals surface area contributed by atoms with Gasteiger partial charge in [0.05, 0.1) is 0 Å². The second-order valence-corrected chi connectivity index (χ2v) is 5.32. The van der Waals surface area contributed by atoms with Crippen molar-refractivity contribution in [3.63, 3.8) is 0 Å². The van der Waals surface area contributed by atoms with E-state index >= 15 is 0 Å².